The first kappa shape index (κ1) is 10.6. The van der Waals surface area contributed by atoms with Crippen molar-refractivity contribution in [3.8, 4) is 6.07 Å². The Kier molecular flexibility index (Phi) is 2.30. The van der Waals surface area contributed by atoms with Crippen molar-refractivity contribution in [1.29, 1.82) is 5.26 Å². The summed E-state index contributed by atoms with van der Waals surface area (Å²) < 4.78 is 0. The molecule has 2 heteroatoms. The standard InChI is InChI=1S/C14H21NO/c15-10-13(6-2-1-3-7-13)14(16)9-11-4-5-12(14)8-11/h11-12,16H,1-9H2. The number of rotatable bonds is 1. The van der Waals surface area contributed by atoms with Gasteiger partial charge in [0.25, 0.3) is 0 Å². The quantitative estimate of drug-likeness (QED) is 0.736. The Morgan fingerprint density at radius 3 is 2.38 bits per heavy atom. The third kappa shape index (κ3) is 1.21. The molecule has 3 atom stereocenters. The highest BCUT2D eigenvalue weighted by molar-refractivity contribution is 5.19. The molecule has 0 aliphatic heterocycles. The summed E-state index contributed by atoms with van der Waals surface area (Å²) in [5.41, 5.74) is -1.03. The molecule has 0 aromatic carbocycles. The van der Waals surface area contributed by atoms with E-state index in [9.17, 15) is 10.4 Å². The van der Waals surface area contributed by atoms with Gasteiger partial charge in [0, 0.05) is 0 Å². The van der Waals surface area contributed by atoms with Gasteiger partial charge in [-0.15, -0.1) is 0 Å². The van der Waals surface area contributed by atoms with E-state index in [1.54, 1.807) is 0 Å². The second-order valence-corrected chi connectivity index (χ2v) is 6.26. The van der Waals surface area contributed by atoms with Crippen LogP contribution in [0.3, 0.4) is 0 Å². The van der Waals surface area contributed by atoms with E-state index in [4.69, 9.17) is 0 Å². The molecule has 2 bridgehead atoms. The second kappa shape index (κ2) is 3.47. The van der Waals surface area contributed by atoms with Gasteiger partial charge in [0.1, 0.15) is 0 Å². The SMILES string of the molecule is N#CC1(C2(O)CC3CCC2C3)CCCCC1. The fourth-order valence-corrected chi connectivity index (χ4v) is 4.68. The van der Waals surface area contributed by atoms with Crippen molar-refractivity contribution in [3.63, 3.8) is 0 Å². The maximum atomic E-state index is 11.0. The van der Waals surface area contributed by atoms with E-state index in [1.807, 2.05) is 0 Å². The van der Waals surface area contributed by atoms with Crippen LogP contribution in [-0.2, 0) is 0 Å². The first-order valence-corrected chi connectivity index (χ1v) is 6.84. The molecular formula is C14H21NO. The molecule has 0 heterocycles. The van der Waals surface area contributed by atoms with Gasteiger partial charge in [-0.25, -0.2) is 0 Å². The van der Waals surface area contributed by atoms with Crippen LogP contribution >= 0.6 is 0 Å². The maximum Gasteiger partial charge on any atom is 0.0864 e. The van der Waals surface area contributed by atoms with Gasteiger partial charge in [0.05, 0.1) is 17.1 Å². The van der Waals surface area contributed by atoms with Crippen molar-refractivity contribution < 1.29 is 5.11 Å². The number of hydrogen-bond acceptors (Lipinski definition) is 2. The summed E-state index contributed by atoms with van der Waals surface area (Å²) in [4.78, 5) is 0. The van der Waals surface area contributed by atoms with Crippen molar-refractivity contribution in [2.45, 2.75) is 63.4 Å². The Morgan fingerprint density at radius 2 is 1.88 bits per heavy atom. The van der Waals surface area contributed by atoms with Gasteiger partial charge in [-0.2, -0.15) is 5.26 Å². The van der Waals surface area contributed by atoms with Crippen LogP contribution in [0.25, 0.3) is 0 Å². The molecule has 0 aromatic rings. The third-order valence-electron chi connectivity index (χ3n) is 5.57. The third-order valence-corrected chi connectivity index (χ3v) is 5.57. The van der Waals surface area contributed by atoms with Crippen LogP contribution in [0.4, 0.5) is 0 Å². The molecule has 3 saturated carbocycles. The lowest BCUT2D eigenvalue weighted by molar-refractivity contribution is -0.111. The summed E-state index contributed by atoms with van der Waals surface area (Å²) in [6, 6.07) is 2.53. The monoisotopic (exact) mass is 219 g/mol. The van der Waals surface area contributed by atoms with Gasteiger partial charge in [0.2, 0.25) is 0 Å². The average molecular weight is 219 g/mol. The molecule has 2 nitrogen and oxygen atoms in total. The molecule has 3 fully saturated rings. The predicted octanol–water partition coefficient (Wildman–Crippen LogP) is 3.01. The second-order valence-electron chi connectivity index (χ2n) is 6.26. The smallest absolute Gasteiger partial charge is 0.0864 e. The summed E-state index contributed by atoms with van der Waals surface area (Å²) in [5.74, 6) is 1.14. The van der Waals surface area contributed by atoms with Gasteiger partial charge < -0.3 is 5.11 Å². The normalized spacial score (nSPS) is 45.5. The van der Waals surface area contributed by atoms with Crippen molar-refractivity contribution >= 4 is 0 Å². The fraction of sp³-hybridized carbons (Fsp3) is 0.929. The molecule has 0 amide bonds. The minimum Gasteiger partial charge on any atom is -0.388 e. The first-order chi connectivity index (χ1) is 7.70. The number of hydrogen-bond donors (Lipinski definition) is 1. The van der Waals surface area contributed by atoms with E-state index in [0.717, 1.165) is 38.5 Å². The van der Waals surface area contributed by atoms with Crippen LogP contribution in [0.1, 0.15) is 57.8 Å². The zero-order valence-corrected chi connectivity index (χ0v) is 9.91. The minimum absolute atomic E-state index is 0.398. The van der Waals surface area contributed by atoms with Crippen molar-refractivity contribution in [2.75, 3.05) is 0 Å². The maximum absolute atomic E-state index is 11.0. The lowest BCUT2D eigenvalue weighted by Gasteiger charge is -2.47. The minimum atomic E-state index is -0.634. The van der Waals surface area contributed by atoms with Gasteiger partial charge in [-0.3, -0.25) is 0 Å². The Bertz CT molecular complexity index is 326. The Balaban J connectivity index is 1.92. The topological polar surface area (TPSA) is 44.0 Å². The van der Waals surface area contributed by atoms with Gasteiger partial charge >= 0.3 is 0 Å². The summed E-state index contributed by atoms with van der Waals surface area (Å²) in [5, 5.41) is 20.6. The summed E-state index contributed by atoms with van der Waals surface area (Å²) in [6.45, 7) is 0. The fourth-order valence-electron chi connectivity index (χ4n) is 4.68. The zero-order chi connectivity index (χ0) is 11.2. The highest BCUT2D eigenvalue weighted by Gasteiger charge is 2.61. The average Bonchev–Trinajstić information content (AvgIpc) is 2.90. The van der Waals surface area contributed by atoms with Crippen LogP contribution in [0.15, 0.2) is 0 Å². The summed E-state index contributed by atoms with van der Waals surface area (Å²) >= 11 is 0. The van der Waals surface area contributed by atoms with Gasteiger partial charge in [0.15, 0.2) is 0 Å². The molecular weight excluding hydrogens is 198 g/mol. The summed E-state index contributed by atoms with van der Waals surface area (Å²) in [6.07, 6.45) is 9.91. The zero-order valence-electron chi connectivity index (χ0n) is 9.91. The van der Waals surface area contributed by atoms with E-state index in [-0.39, 0.29) is 0 Å². The van der Waals surface area contributed by atoms with E-state index in [2.05, 4.69) is 6.07 Å². The molecule has 3 aliphatic rings. The van der Waals surface area contributed by atoms with E-state index < -0.39 is 11.0 Å². The van der Waals surface area contributed by atoms with Crippen LogP contribution in [0.2, 0.25) is 0 Å². The molecule has 3 rings (SSSR count). The largest absolute Gasteiger partial charge is 0.388 e. The number of aliphatic hydroxyl groups is 1. The molecule has 0 aromatic heterocycles. The lowest BCUT2D eigenvalue weighted by atomic mass is 9.59. The molecule has 0 saturated heterocycles. The molecule has 0 radical (unpaired) electrons. The molecule has 0 spiro atoms. The highest BCUT2D eigenvalue weighted by Crippen LogP contribution is 2.60. The van der Waals surface area contributed by atoms with E-state index in [0.29, 0.717) is 11.8 Å². The highest BCUT2D eigenvalue weighted by atomic mass is 16.3. The predicted molar refractivity (Wildman–Crippen MR) is 61.5 cm³/mol. The van der Waals surface area contributed by atoms with Crippen molar-refractivity contribution in [3.05, 3.63) is 0 Å². The molecule has 1 N–H and O–H groups in total. The van der Waals surface area contributed by atoms with Crippen molar-refractivity contribution in [2.24, 2.45) is 17.3 Å². The molecule has 3 unspecified atom stereocenters. The van der Waals surface area contributed by atoms with Gasteiger partial charge in [-0.1, -0.05) is 19.3 Å². The van der Waals surface area contributed by atoms with Crippen LogP contribution < -0.4 is 0 Å². The molecule has 88 valence electrons. The Morgan fingerprint density at radius 1 is 1.12 bits per heavy atom. The number of nitriles is 1. The Labute approximate surface area is 97.7 Å². The lowest BCUT2D eigenvalue weighted by Crippen LogP contribution is -2.52. The Hall–Kier alpha value is -0.550. The number of nitrogens with zero attached hydrogens (tertiary/aromatic N) is 1. The van der Waals surface area contributed by atoms with Gasteiger partial charge in [-0.05, 0) is 50.4 Å². The molecule has 3 aliphatic carbocycles. The van der Waals surface area contributed by atoms with Crippen LogP contribution in [0.5, 0.6) is 0 Å². The van der Waals surface area contributed by atoms with Crippen molar-refractivity contribution in [1.82, 2.24) is 0 Å². The number of fused-ring (bicyclic) bond motifs is 2. The van der Waals surface area contributed by atoms with E-state index in [1.165, 1.54) is 19.3 Å². The van der Waals surface area contributed by atoms with E-state index >= 15 is 0 Å². The first-order valence-electron chi connectivity index (χ1n) is 6.84. The molecule has 16 heavy (non-hydrogen) atoms. The van der Waals surface area contributed by atoms with Crippen LogP contribution in [0, 0.1) is 28.6 Å². The van der Waals surface area contributed by atoms with Crippen LogP contribution in [-0.4, -0.2) is 10.7 Å². The summed E-state index contributed by atoms with van der Waals surface area (Å²) in [7, 11) is 0.